The van der Waals surface area contributed by atoms with E-state index in [0.29, 0.717) is 12.3 Å². The van der Waals surface area contributed by atoms with Crippen LogP contribution in [0.25, 0.3) is 0 Å². The van der Waals surface area contributed by atoms with E-state index in [1.807, 2.05) is 46.8 Å². The van der Waals surface area contributed by atoms with E-state index < -0.39 is 0 Å². The summed E-state index contributed by atoms with van der Waals surface area (Å²) in [5.74, 6) is 1.44. The second kappa shape index (κ2) is 7.43. The SMILES string of the molecule is Cc1ccc(OCCC(=O)Nc2cnc(C(C)(C)C)nc2)c(C)c1. The van der Waals surface area contributed by atoms with Gasteiger partial charge in [0.05, 0.1) is 31.1 Å². The van der Waals surface area contributed by atoms with E-state index in [4.69, 9.17) is 4.74 Å². The number of hydrogen-bond donors (Lipinski definition) is 1. The summed E-state index contributed by atoms with van der Waals surface area (Å²) in [5, 5.41) is 2.79. The van der Waals surface area contributed by atoms with Gasteiger partial charge in [0.1, 0.15) is 11.6 Å². The first-order valence-corrected chi connectivity index (χ1v) is 8.08. The first-order valence-electron chi connectivity index (χ1n) is 8.08. The van der Waals surface area contributed by atoms with Crippen molar-refractivity contribution in [1.82, 2.24) is 9.97 Å². The summed E-state index contributed by atoms with van der Waals surface area (Å²) in [7, 11) is 0. The lowest BCUT2D eigenvalue weighted by Crippen LogP contribution is -2.18. The Morgan fingerprint density at radius 2 is 1.83 bits per heavy atom. The monoisotopic (exact) mass is 327 g/mol. The van der Waals surface area contributed by atoms with E-state index >= 15 is 0 Å². The van der Waals surface area contributed by atoms with Crippen LogP contribution in [0.2, 0.25) is 0 Å². The van der Waals surface area contributed by atoms with Crippen molar-refractivity contribution in [2.75, 3.05) is 11.9 Å². The number of carbonyl (C=O) groups is 1. The molecular weight excluding hydrogens is 302 g/mol. The molecule has 0 saturated carbocycles. The summed E-state index contributed by atoms with van der Waals surface area (Å²) < 4.78 is 5.67. The Morgan fingerprint density at radius 1 is 1.17 bits per heavy atom. The van der Waals surface area contributed by atoms with Crippen molar-refractivity contribution in [1.29, 1.82) is 0 Å². The molecule has 0 aliphatic heterocycles. The van der Waals surface area contributed by atoms with Crippen LogP contribution < -0.4 is 10.1 Å². The molecule has 5 heteroatoms. The van der Waals surface area contributed by atoms with Gasteiger partial charge in [-0.15, -0.1) is 0 Å². The number of aryl methyl sites for hydroxylation is 2. The third-order valence-electron chi connectivity index (χ3n) is 3.52. The number of benzene rings is 1. The van der Waals surface area contributed by atoms with Crippen molar-refractivity contribution in [2.24, 2.45) is 0 Å². The van der Waals surface area contributed by atoms with Crippen LogP contribution in [0.4, 0.5) is 5.69 Å². The van der Waals surface area contributed by atoms with Crippen LogP contribution >= 0.6 is 0 Å². The second-order valence-electron chi connectivity index (χ2n) is 6.96. The molecule has 0 spiro atoms. The van der Waals surface area contributed by atoms with Gasteiger partial charge in [0.25, 0.3) is 0 Å². The fourth-order valence-corrected chi connectivity index (χ4v) is 2.22. The summed E-state index contributed by atoms with van der Waals surface area (Å²) in [6.45, 7) is 10.5. The molecule has 0 aliphatic carbocycles. The molecule has 0 radical (unpaired) electrons. The van der Waals surface area contributed by atoms with Crippen molar-refractivity contribution in [2.45, 2.75) is 46.5 Å². The van der Waals surface area contributed by atoms with Crippen LogP contribution in [0.5, 0.6) is 5.75 Å². The predicted molar refractivity (Wildman–Crippen MR) is 95.4 cm³/mol. The Morgan fingerprint density at radius 3 is 2.42 bits per heavy atom. The lowest BCUT2D eigenvalue weighted by molar-refractivity contribution is -0.116. The Bertz CT molecular complexity index is 704. The number of hydrogen-bond acceptors (Lipinski definition) is 4. The van der Waals surface area contributed by atoms with Crippen LogP contribution in [-0.2, 0) is 10.2 Å². The molecule has 2 aromatic rings. The maximum absolute atomic E-state index is 12.0. The molecule has 24 heavy (non-hydrogen) atoms. The number of amides is 1. The van der Waals surface area contributed by atoms with Crippen molar-refractivity contribution >= 4 is 11.6 Å². The zero-order valence-corrected chi connectivity index (χ0v) is 15.0. The van der Waals surface area contributed by atoms with Gasteiger partial charge in [-0.1, -0.05) is 38.5 Å². The summed E-state index contributed by atoms with van der Waals surface area (Å²) in [5.41, 5.74) is 2.75. The molecule has 0 aliphatic rings. The normalized spacial score (nSPS) is 11.2. The Hall–Kier alpha value is -2.43. The molecule has 0 bridgehead atoms. The average Bonchev–Trinajstić information content (AvgIpc) is 2.49. The van der Waals surface area contributed by atoms with Gasteiger partial charge in [-0.05, 0) is 25.5 Å². The number of nitrogens with one attached hydrogen (secondary N) is 1. The zero-order valence-electron chi connectivity index (χ0n) is 15.0. The summed E-state index contributed by atoms with van der Waals surface area (Å²) in [4.78, 5) is 20.6. The third-order valence-corrected chi connectivity index (χ3v) is 3.52. The van der Waals surface area contributed by atoms with E-state index in [-0.39, 0.29) is 17.7 Å². The molecular formula is C19H25N3O2. The minimum Gasteiger partial charge on any atom is -0.493 e. The smallest absolute Gasteiger partial charge is 0.227 e. The number of nitrogens with zero attached hydrogens (tertiary/aromatic N) is 2. The molecule has 1 N–H and O–H groups in total. The molecule has 0 saturated heterocycles. The number of ether oxygens (including phenoxy) is 1. The molecule has 1 heterocycles. The van der Waals surface area contributed by atoms with Crippen LogP contribution in [0.15, 0.2) is 30.6 Å². The third kappa shape index (κ3) is 5.05. The van der Waals surface area contributed by atoms with Crippen LogP contribution in [0.1, 0.15) is 44.1 Å². The standard InChI is InChI=1S/C19H25N3O2/c1-13-6-7-16(14(2)10-13)24-9-8-17(23)22-15-11-20-18(21-12-15)19(3,4)5/h6-7,10-12H,8-9H2,1-5H3,(H,22,23). The van der Waals surface area contributed by atoms with Gasteiger partial charge in [0.2, 0.25) is 5.91 Å². The molecule has 1 aromatic heterocycles. The van der Waals surface area contributed by atoms with Crippen LogP contribution in [0, 0.1) is 13.8 Å². The number of rotatable bonds is 5. The molecule has 128 valence electrons. The van der Waals surface area contributed by atoms with Crippen molar-refractivity contribution in [3.05, 3.63) is 47.5 Å². The summed E-state index contributed by atoms with van der Waals surface area (Å²) in [6.07, 6.45) is 3.54. The zero-order chi connectivity index (χ0) is 17.7. The minimum atomic E-state index is -0.119. The fourth-order valence-electron chi connectivity index (χ4n) is 2.22. The van der Waals surface area contributed by atoms with E-state index in [0.717, 1.165) is 17.1 Å². The molecule has 0 fully saturated rings. The van der Waals surface area contributed by atoms with Gasteiger partial charge in [-0.2, -0.15) is 0 Å². The van der Waals surface area contributed by atoms with Crippen LogP contribution in [0.3, 0.4) is 0 Å². The molecule has 2 rings (SSSR count). The topological polar surface area (TPSA) is 64.1 Å². The van der Waals surface area contributed by atoms with Crippen molar-refractivity contribution in [3.63, 3.8) is 0 Å². The Labute approximate surface area is 143 Å². The molecule has 0 atom stereocenters. The van der Waals surface area contributed by atoms with Gasteiger partial charge in [0, 0.05) is 5.41 Å². The number of carbonyl (C=O) groups excluding carboxylic acids is 1. The van der Waals surface area contributed by atoms with Gasteiger partial charge in [-0.3, -0.25) is 4.79 Å². The minimum absolute atomic E-state index is 0.109. The van der Waals surface area contributed by atoms with E-state index in [9.17, 15) is 4.79 Å². The van der Waals surface area contributed by atoms with Crippen LogP contribution in [-0.4, -0.2) is 22.5 Å². The van der Waals surface area contributed by atoms with Gasteiger partial charge in [0.15, 0.2) is 0 Å². The molecule has 5 nitrogen and oxygen atoms in total. The van der Waals surface area contributed by atoms with E-state index in [1.165, 1.54) is 5.56 Å². The highest BCUT2D eigenvalue weighted by molar-refractivity contribution is 5.90. The Kier molecular flexibility index (Phi) is 5.54. The van der Waals surface area contributed by atoms with Gasteiger partial charge >= 0.3 is 0 Å². The number of aromatic nitrogens is 2. The fraction of sp³-hybridized carbons (Fsp3) is 0.421. The summed E-state index contributed by atoms with van der Waals surface area (Å²) >= 11 is 0. The van der Waals surface area contributed by atoms with Gasteiger partial charge in [-0.25, -0.2) is 9.97 Å². The molecule has 1 aromatic carbocycles. The van der Waals surface area contributed by atoms with Crippen molar-refractivity contribution < 1.29 is 9.53 Å². The highest BCUT2D eigenvalue weighted by Gasteiger charge is 2.16. The molecule has 1 amide bonds. The number of anilines is 1. The predicted octanol–water partition coefficient (Wildman–Crippen LogP) is 3.80. The first-order chi connectivity index (χ1) is 11.3. The second-order valence-corrected chi connectivity index (χ2v) is 6.96. The lowest BCUT2D eigenvalue weighted by Gasteiger charge is -2.16. The largest absolute Gasteiger partial charge is 0.493 e. The highest BCUT2D eigenvalue weighted by Crippen LogP contribution is 2.19. The maximum Gasteiger partial charge on any atom is 0.227 e. The lowest BCUT2D eigenvalue weighted by atomic mass is 9.96. The molecule has 0 unspecified atom stereocenters. The van der Waals surface area contributed by atoms with E-state index in [1.54, 1.807) is 12.4 Å². The highest BCUT2D eigenvalue weighted by atomic mass is 16.5. The van der Waals surface area contributed by atoms with Crippen molar-refractivity contribution in [3.8, 4) is 5.75 Å². The van der Waals surface area contributed by atoms with Gasteiger partial charge < -0.3 is 10.1 Å². The Balaban J connectivity index is 1.83. The quantitative estimate of drug-likeness (QED) is 0.907. The average molecular weight is 327 g/mol. The maximum atomic E-state index is 12.0. The first kappa shape index (κ1) is 17.9. The van der Waals surface area contributed by atoms with E-state index in [2.05, 4.69) is 21.4 Å². The summed E-state index contributed by atoms with van der Waals surface area (Å²) in [6, 6.07) is 5.99.